The molecule has 0 aliphatic carbocycles. The van der Waals surface area contributed by atoms with E-state index in [9.17, 15) is 13.2 Å². The number of sulfonamides is 1. The predicted octanol–water partition coefficient (Wildman–Crippen LogP) is -0.105. The predicted molar refractivity (Wildman–Crippen MR) is 57.7 cm³/mol. The Balaban J connectivity index is 2.20. The summed E-state index contributed by atoms with van der Waals surface area (Å²) in [5, 5.41) is 14.9. The van der Waals surface area contributed by atoms with E-state index >= 15 is 0 Å². The number of hydrogen-bond donors (Lipinski definition) is 2. The maximum Gasteiger partial charge on any atom is 0.307 e. The maximum atomic E-state index is 12.1. The average Bonchev–Trinajstić information content (AvgIpc) is 2.83. The summed E-state index contributed by atoms with van der Waals surface area (Å²) in [6.45, 7) is 0.389. The van der Waals surface area contributed by atoms with Crippen LogP contribution in [-0.2, 0) is 14.8 Å². The number of hydrogen-bond acceptors (Lipinski definition) is 4. The Morgan fingerprint density at radius 1 is 1.59 bits per heavy atom. The molecule has 0 bridgehead atoms. The van der Waals surface area contributed by atoms with Gasteiger partial charge in [0.1, 0.15) is 4.90 Å². The second-order valence-corrected chi connectivity index (χ2v) is 5.91. The van der Waals surface area contributed by atoms with E-state index in [1.807, 2.05) is 0 Å². The Kier molecular flexibility index (Phi) is 3.16. The number of carboxylic acid groups (broad SMARTS) is 1. The highest BCUT2D eigenvalue weighted by Gasteiger charge is 2.33. The van der Waals surface area contributed by atoms with Gasteiger partial charge in [-0.3, -0.25) is 9.89 Å². The SMILES string of the molecule is O=C(O)C1CCCN(S(=O)(=O)c2cn[nH]c2)C1. The fourth-order valence-corrected chi connectivity index (χ4v) is 3.32. The molecule has 0 radical (unpaired) electrons. The van der Waals surface area contributed by atoms with E-state index in [2.05, 4.69) is 10.2 Å². The third-order valence-electron chi connectivity index (χ3n) is 2.84. The Labute approximate surface area is 98.5 Å². The number of carbonyl (C=O) groups is 1. The van der Waals surface area contributed by atoms with Gasteiger partial charge in [0.15, 0.2) is 0 Å². The third-order valence-corrected chi connectivity index (χ3v) is 4.67. The van der Waals surface area contributed by atoms with Crippen LogP contribution in [0.2, 0.25) is 0 Å². The average molecular weight is 259 g/mol. The lowest BCUT2D eigenvalue weighted by Gasteiger charge is -2.29. The zero-order valence-electron chi connectivity index (χ0n) is 9.04. The van der Waals surface area contributed by atoms with Crippen molar-refractivity contribution in [2.45, 2.75) is 17.7 Å². The van der Waals surface area contributed by atoms with Gasteiger partial charge in [-0.2, -0.15) is 9.40 Å². The zero-order valence-corrected chi connectivity index (χ0v) is 9.85. The van der Waals surface area contributed by atoms with Gasteiger partial charge in [-0.15, -0.1) is 0 Å². The lowest BCUT2D eigenvalue weighted by molar-refractivity contribution is -0.142. The molecule has 0 amide bonds. The van der Waals surface area contributed by atoms with Gasteiger partial charge in [0.2, 0.25) is 10.0 Å². The number of aromatic amines is 1. The van der Waals surface area contributed by atoms with Crippen molar-refractivity contribution in [2.24, 2.45) is 5.92 Å². The van der Waals surface area contributed by atoms with Crippen LogP contribution in [0, 0.1) is 5.92 Å². The molecule has 0 aromatic carbocycles. The number of H-pyrrole nitrogens is 1. The first-order valence-corrected chi connectivity index (χ1v) is 6.67. The standard InChI is InChI=1S/C9H13N3O4S/c13-9(14)7-2-1-3-12(6-7)17(15,16)8-4-10-11-5-8/h4-5,7H,1-3,6H2,(H,10,11)(H,13,14). The first-order chi connectivity index (χ1) is 8.01. The summed E-state index contributed by atoms with van der Waals surface area (Å²) in [6.07, 6.45) is 3.60. The first kappa shape index (κ1) is 12.1. The number of aliphatic carboxylic acids is 1. The molecule has 1 atom stereocenters. The molecule has 1 aliphatic heterocycles. The third kappa shape index (κ3) is 2.32. The van der Waals surface area contributed by atoms with Crippen LogP contribution in [-0.4, -0.2) is 47.1 Å². The van der Waals surface area contributed by atoms with Gasteiger partial charge in [0.25, 0.3) is 0 Å². The highest BCUT2D eigenvalue weighted by molar-refractivity contribution is 7.89. The van der Waals surface area contributed by atoms with E-state index in [1.165, 1.54) is 16.7 Å². The maximum absolute atomic E-state index is 12.1. The molecule has 94 valence electrons. The number of carboxylic acids is 1. The molecule has 17 heavy (non-hydrogen) atoms. The van der Waals surface area contributed by atoms with Gasteiger partial charge in [-0.1, -0.05) is 0 Å². The molecule has 2 rings (SSSR count). The Hall–Kier alpha value is -1.41. The molecule has 1 saturated heterocycles. The van der Waals surface area contributed by atoms with E-state index in [0.717, 1.165) is 0 Å². The fourth-order valence-electron chi connectivity index (χ4n) is 1.89. The van der Waals surface area contributed by atoms with E-state index < -0.39 is 21.9 Å². The molecule has 0 saturated carbocycles. The van der Waals surface area contributed by atoms with Crippen molar-refractivity contribution >= 4 is 16.0 Å². The van der Waals surface area contributed by atoms with Gasteiger partial charge in [0.05, 0.1) is 12.1 Å². The summed E-state index contributed by atoms with van der Waals surface area (Å²) >= 11 is 0. The normalized spacial score (nSPS) is 22.5. The van der Waals surface area contributed by atoms with Crippen LogP contribution in [0.3, 0.4) is 0 Å². The summed E-state index contributed by atoms with van der Waals surface area (Å²) in [6, 6.07) is 0. The molecule has 1 aromatic heterocycles. The van der Waals surface area contributed by atoms with Crippen LogP contribution >= 0.6 is 0 Å². The molecular weight excluding hydrogens is 246 g/mol. The molecule has 2 heterocycles. The molecule has 2 N–H and O–H groups in total. The number of piperidine rings is 1. The van der Waals surface area contributed by atoms with Crippen molar-refractivity contribution < 1.29 is 18.3 Å². The topological polar surface area (TPSA) is 103 Å². The van der Waals surface area contributed by atoms with Crippen molar-refractivity contribution in [2.75, 3.05) is 13.1 Å². The van der Waals surface area contributed by atoms with Crippen molar-refractivity contribution in [3.05, 3.63) is 12.4 Å². The van der Waals surface area contributed by atoms with Gasteiger partial charge < -0.3 is 5.11 Å². The number of nitrogens with one attached hydrogen (secondary N) is 1. The number of nitrogens with zero attached hydrogens (tertiary/aromatic N) is 2. The monoisotopic (exact) mass is 259 g/mol. The van der Waals surface area contributed by atoms with Crippen LogP contribution in [0.25, 0.3) is 0 Å². The summed E-state index contributed by atoms with van der Waals surface area (Å²) in [4.78, 5) is 10.9. The van der Waals surface area contributed by atoms with Crippen LogP contribution in [0.15, 0.2) is 17.3 Å². The van der Waals surface area contributed by atoms with Crippen LogP contribution in [0.5, 0.6) is 0 Å². The largest absolute Gasteiger partial charge is 0.481 e. The minimum Gasteiger partial charge on any atom is -0.481 e. The summed E-state index contributed by atoms with van der Waals surface area (Å²) in [5.41, 5.74) is 0. The molecule has 1 aliphatic rings. The molecule has 1 fully saturated rings. The van der Waals surface area contributed by atoms with E-state index in [-0.39, 0.29) is 11.4 Å². The van der Waals surface area contributed by atoms with Gasteiger partial charge in [-0.05, 0) is 12.8 Å². The minimum absolute atomic E-state index is 0.0306. The van der Waals surface area contributed by atoms with E-state index in [4.69, 9.17) is 5.11 Å². The van der Waals surface area contributed by atoms with Crippen LogP contribution in [0.1, 0.15) is 12.8 Å². The molecule has 8 heteroatoms. The molecule has 0 spiro atoms. The fraction of sp³-hybridized carbons (Fsp3) is 0.556. The van der Waals surface area contributed by atoms with Gasteiger partial charge in [-0.25, -0.2) is 8.42 Å². The van der Waals surface area contributed by atoms with Crippen molar-refractivity contribution in [3.63, 3.8) is 0 Å². The number of aromatic nitrogens is 2. The van der Waals surface area contributed by atoms with Crippen molar-refractivity contribution in [3.8, 4) is 0 Å². The molecular formula is C9H13N3O4S. The van der Waals surface area contributed by atoms with Gasteiger partial charge >= 0.3 is 5.97 Å². The molecule has 7 nitrogen and oxygen atoms in total. The number of rotatable bonds is 3. The lowest BCUT2D eigenvalue weighted by Crippen LogP contribution is -2.42. The Morgan fingerprint density at radius 2 is 2.35 bits per heavy atom. The summed E-state index contributed by atoms with van der Waals surface area (Å²) in [7, 11) is -3.61. The summed E-state index contributed by atoms with van der Waals surface area (Å²) in [5.74, 6) is -1.57. The van der Waals surface area contributed by atoms with Crippen LogP contribution in [0.4, 0.5) is 0 Å². The summed E-state index contributed by atoms with van der Waals surface area (Å²) < 4.78 is 25.4. The van der Waals surface area contributed by atoms with Crippen molar-refractivity contribution in [1.82, 2.24) is 14.5 Å². The molecule has 1 unspecified atom stereocenters. The van der Waals surface area contributed by atoms with Gasteiger partial charge in [0, 0.05) is 19.3 Å². The highest BCUT2D eigenvalue weighted by atomic mass is 32.2. The second-order valence-electron chi connectivity index (χ2n) is 3.97. The van der Waals surface area contributed by atoms with Crippen molar-refractivity contribution in [1.29, 1.82) is 0 Å². The Bertz CT molecular complexity index is 496. The smallest absolute Gasteiger partial charge is 0.307 e. The second kappa shape index (κ2) is 4.46. The Morgan fingerprint density at radius 3 is 2.94 bits per heavy atom. The zero-order chi connectivity index (χ0) is 12.5. The quantitative estimate of drug-likeness (QED) is 0.788. The minimum atomic E-state index is -3.61. The molecule has 1 aromatic rings. The van der Waals surface area contributed by atoms with E-state index in [0.29, 0.717) is 19.4 Å². The van der Waals surface area contributed by atoms with E-state index in [1.54, 1.807) is 0 Å². The lowest BCUT2D eigenvalue weighted by atomic mass is 10.0. The highest BCUT2D eigenvalue weighted by Crippen LogP contribution is 2.23. The van der Waals surface area contributed by atoms with Crippen LogP contribution < -0.4 is 0 Å². The first-order valence-electron chi connectivity index (χ1n) is 5.23.